The zero-order valence-corrected chi connectivity index (χ0v) is 7.90. The van der Waals surface area contributed by atoms with E-state index in [0.717, 1.165) is 12.8 Å². The molecule has 0 aromatic rings. The molecule has 0 rings (SSSR count). The summed E-state index contributed by atoms with van der Waals surface area (Å²) in [7, 11) is 0. The third-order valence-electron chi connectivity index (χ3n) is 1.99. The molecule has 4 nitrogen and oxygen atoms in total. The number of rotatable bonds is 7. The molecule has 0 heterocycles. The Balaban J connectivity index is 3.94. The van der Waals surface area contributed by atoms with Gasteiger partial charge in [0, 0.05) is 0 Å². The highest BCUT2D eigenvalue weighted by Crippen LogP contribution is 2.13. The van der Waals surface area contributed by atoms with E-state index in [0.29, 0.717) is 12.7 Å². The summed E-state index contributed by atoms with van der Waals surface area (Å²) in [4.78, 5) is 20.9. The van der Waals surface area contributed by atoms with E-state index in [1.165, 1.54) is 0 Å². The Morgan fingerprint density at radius 2 is 2.23 bits per heavy atom. The lowest BCUT2D eigenvalue weighted by molar-refractivity contribution is -0.142. The Morgan fingerprint density at radius 1 is 1.62 bits per heavy atom. The molecule has 13 heavy (non-hydrogen) atoms. The van der Waals surface area contributed by atoms with Gasteiger partial charge in [0.1, 0.15) is 6.29 Å². The van der Waals surface area contributed by atoms with Crippen molar-refractivity contribution in [1.29, 1.82) is 0 Å². The Kier molecular flexibility index (Phi) is 6.14. The van der Waals surface area contributed by atoms with Crippen molar-refractivity contribution in [2.45, 2.75) is 38.6 Å². The van der Waals surface area contributed by atoms with Crippen LogP contribution in [0, 0.1) is 5.92 Å². The highest BCUT2D eigenvalue weighted by Gasteiger charge is 2.19. The van der Waals surface area contributed by atoms with Crippen molar-refractivity contribution in [2.75, 3.05) is 0 Å². The van der Waals surface area contributed by atoms with Gasteiger partial charge in [-0.1, -0.05) is 19.8 Å². The van der Waals surface area contributed by atoms with Crippen LogP contribution in [0.15, 0.2) is 0 Å². The third kappa shape index (κ3) is 5.36. The van der Waals surface area contributed by atoms with Gasteiger partial charge >= 0.3 is 5.97 Å². The fourth-order valence-corrected chi connectivity index (χ4v) is 1.18. The van der Waals surface area contributed by atoms with Crippen LogP contribution in [0.4, 0.5) is 0 Å². The molecule has 0 aliphatic rings. The van der Waals surface area contributed by atoms with Gasteiger partial charge in [0.25, 0.3) is 0 Å². The highest BCUT2D eigenvalue weighted by molar-refractivity contribution is 5.71. The summed E-state index contributed by atoms with van der Waals surface area (Å²) in [5, 5.41) is 8.77. The molecular formula is C9H17NO3. The minimum absolute atomic E-state index is 0.249. The fourth-order valence-electron chi connectivity index (χ4n) is 1.18. The van der Waals surface area contributed by atoms with E-state index in [-0.39, 0.29) is 6.42 Å². The SMILES string of the molecule is CCCCC(C[C@H](N)C=O)C(=O)O. The smallest absolute Gasteiger partial charge is 0.306 e. The first kappa shape index (κ1) is 12.1. The van der Waals surface area contributed by atoms with Crippen molar-refractivity contribution < 1.29 is 14.7 Å². The summed E-state index contributed by atoms with van der Waals surface area (Å²) in [6.45, 7) is 2.00. The van der Waals surface area contributed by atoms with Gasteiger partial charge in [-0.2, -0.15) is 0 Å². The lowest BCUT2D eigenvalue weighted by atomic mass is 9.95. The number of carboxylic acid groups (broad SMARTS) is 1. The average Bonchev–Trinajstić information content (AvgIpc) is 2.11. The topological polar surface area (TPSA) is 80.4 Å². The second-order valence-corrected chi connectivity index (χ2v) is 3.21. The van der Waals surface area contributed by atoms with Crippen LogP contribution in [-0.2, 0) is 9.59 Å². The van der Waals surface area contributed by atoms with Gasteiger partial charge in [-0.05, 0) is 12.8 Å². The van der Waals surface area contributed by atoms with Crippen molar-refractivity contribution in [2.24, 2.45) is 11.7 Å². The number of carbonyl (C=O) groups is 2. The summed E-state index contributed by atoms with van der Waals surface area (Å²) < 4.78 is 0. The first-order valence-electron chi connectivity index (χ1n) is 4.55. The van der Waals surface area contributed by atoms with Crippen molar-refractivity contribution in [3.8, 4) is 0 Å². The van der Waals surface area contributed by atoms with Crippen LogP contribution in [0.3, 0.4) is 0 Å². The second-order valence-electron chi connectivity index (χ2n) is 3.21. The lowest BCUT2D eigenvalue weighted by Gasteiger charge is -2.12. The van der Waals surface area contributed by atoms with E-state index in [1.807, 2.05) is 6.92 Å². The molecular weight excluding hydrogens is 170 g/mol. The summed E-state index contributed by atoms with van der Waals surface area (Å²) in [5.41, 5.74) is 5.35. The zero-order valence-electron chi connectivity index (χ0n) is 7.90. The Labute approximate surface area is 78.1 Å². The first-order chi connectivity index (χ1) is 6.11. The van der Waals surface area contributed by atoms with E-state index in [1.54, 1.807) is 0 Å². The molecule has 0 saturated heterocycles. The number of nitrogens with two attached hydrogens (primary N) is 1. The van der Waals surface area contributed by atoms with Crippen molar-refractivity contribution >= 4 is 12.3 Å². The predicted molar refractivity (Wildman–Crippen MR) is 49.3 cm³/mol. The third-order valence-corrected chi connectivity index (χ3v) is 1.99. The van der Waals surface area contributed by atoms with E-state index in [9.17, 15) is 9.59 Å². The predicted octanol–water partition coefficient (Wildman–Crippen LogP) is 0.794. The Bertz CT molecular complexity index is 170. The Morgan fingerprint density at radius 3 is 2.62 bits per heavy atom. The van der Waals surface area contributed by atoms with Crippen LogP contribution in [0.5, 0.6) is 0 Å². The lowest BCUT2D eigenvalue weighted by Crippen LogP contribution is -2.28. The van der Waals surface area contributed by atoms with Crippen molar-refractivity contribution in [3.63, 3.8) is 0 Å². The molecule has 0 aromatic carbocycles. The van der Waals surface area contributed by atoms with Crippen molar-refractivity contribution in [1.82, 2.24) is 0 Å². The van der Waals surface area contributed by atoms with Gasteiger partial charge in [0.05, 0.1) is 12.0 Å². The fraction of sp³-hybridized carbons (Fsp3) is 0.778. The second kappa shape index (κ2) is 6.60. The molecule has 2 atom stereocenters. The van der Waals surface area contributed by atoms with Gasteiger partial charge in [0.15, 0.2) is 0 Å². The molecule has 4 heteroatoms. The molecule has 0 radical (unpaired) electrons. The zero-order chi connectivity index (χ0) is 10.3. The molecule has 0 spiro atoms. The van der Waals surface area contributed by atoms with Gasteiger partial charge in [0.2, 0.25) is 0 Å². The minimum atomic E-state index is -0.856. The van der Waals surface area contributed by atoms with E-state index >= 15 is 0 Å². The van der Waals surface area contributed by atoms with Crippen LogP contribution in [-0.4, -0.2) is 23.4 Å². The number of unbranched alkanes of at least 4 members (excludes halogenated alkanes) is 1. The average molecular weight is 187 g/mol. The van der Waals surface area contributed by atoms with Crippen LogP contribution in [0.25, 0.3) is 0 Å². The van der Waals surface area contributed by atoms with E-state index in [2.05, 4.69) is 0 Å². The molecule has 0 aromatic heterocycles. The number of hydrogen-bond acceptors (Lipinski definition) is 3. The number of aldehydes is 1. The van der Waals surface area contributed by atoms with Crippen LogP contribution >= 0.6 is 0 Å². The monoisotopic (exact) mass is 187 g/mol. The van der Waals surface area contributed by atoms with E-state index in [4.69, 9.17) is 10.8 Å². The molecule has 0 fully saturated rings. The number of carboxylic acids is 1. The first-order valence-corrected chi connectivity index (χ1v) is 4.55. The molecule has 0 bridgehead atoms. The van der Waals surface area contributed by atoms with Crippen LogP contribution < -0.4 is 5.73 Å². The molecule has 0 aliphatic heterocycles. The van der Waals surface area contributed by atoms with E-state index < -0.39 is 17.9 Å². The standard InChI is InChI=1S/C9H17NO3/c1-2-3-4-7(9(12)13)5-8(10)6-11/h6-8H,2-5,10H2,1H3,(H,12,13)/t7?,8-/m0/s1. The number of carbonyl (C=O) groups excluding carboxylic acids is 1. The molecule has 76 valence electrons. The van der Waals surface area contributed by atoms with Crippen molar-refractivity contribution in [3.05, 3.63) is 0 Å². The molecule has 3 N–H and O–H groups in total. The molecule has 0 amide bonds. The summed E-state index contributed by atoms with van der Waals surface area (Å²) in [6.07, 6.45) is 3.27. The number of aliphatic carboxylic acids is 1. The highest BCUT2D eigenvalue weighted by atomic mass is 16.4. The Hall–Kier alpha value is -0.900. The van der Waals surface area contributed by atoms with Crippen LogP contribution in [0.1, 0.15) is 32.6 Å². The normalized spacial score (nSPS) is 14.9. The maximum Gasteiger partial charge on any atom is 0.306 e. The molecule has 0 aliphatic carbocycles. The minimum Gasteiger partial charge on any atom is -0.481 e. The van der Waals surface area contributed by atoms with Crippen LogP contribution in [0.2, 0.25) is 0 Å². The van der Waals surface area contributed by atoms with Gasteiger partial charge < -0.3 is 15.6 Å². The van der Waals surface area contributed by atoms with Gasteiger partial charge in [-0.15, -0.1) is 0 Å². The molecule has 1 unspecified atom stereocenters. The maximum absolute atomic E-state index is 10.7. The number of hydrogen-bond donors (Lipinski definition) is 2. The summed E-state index contributed by atoms with van der Waals surface area (Å²) in [5.74, 6) is -1.33. The summed E-state index contributed by atoms with van der Waals surface area (Å²) in [6, 6.07) is -0.641. The molecule has 0 saturated carbocycles. The van der Waals surface area contributed by atoms with Gasteiger partial charge in [-0.3, -0.25) is 4.79 Å². The quantitative estimate of drug-likeness (QED) is 0.577. The summed E-state index contributed by atoms with van der Waals surface area (Å²) >= 11 is 0. The van der Waals surface area contributed by atoms with Gasteiger partial charge in [-0.25, -0.2) is 0 Å². The largest absolute Gasteiger partial charge is 0.481 e. The maximum atomic E-state index is 10.7.